The van der Waals surface area contributed by atoms with Crippen molar-refractivity contribution in [3.8, 4) is 0 Å². The van der Waals surface area contributed by atoms with E-state index < -0.39 is 23.1 Å². The molecule has 20 heavy (non-hydrogen) atoms. The van der Waals surface area contributed by atoms with Gasteiger partial charge in [-0.25, -0.2) is 13.2 Å². The monoisotopic (exact) mass is 302 g/mol. The molecule has 5 heteroatoms. The van der Waals surface area contributed by atoms with Crippen molar-refractivity contribution in [2.75, 3.05) is 0 Å². The van der Waals surface area contributed by atoms with Gasteiger partial charge in [0.1, 0.15) is 0 Å². The first-order valence-electron chi connectivity index (χ1n) is 6.96. The molecule has 2 saturated heterocycles. The molecule has 2 fully saturated rings. The number of thioether (sulfide) groups is 1. The summed E-state index contributed by atoms with van der Waals surface area (Å²) >= 11 is 1.93. The molecule has 0 spiro atoms. The molecule has 0 saturated carbocycles. The Hall–Kier alpha value is -0.680. The van der Waals surface area contributed by atoms with E-state index in [9.17, 15) is 18.3 Å². The van der Waals surface area contributed by atoms with E-state index in [0.29, 0.717) is 28.9 Å². The maximum atomic E-state index is 13.2. The third-order valence-corrected chi connectivity index (χ3v) is 5.80. The first-order valence-corrected chi connectivity index (χ1v) is 7.91. The minimum atomic E-state index is -1.45. The van der Waals surface area contributed by atoms with Gasteiger partial charge in [-0.05, 0) is 43.4 Å². The molecule has 1 nitrogen and oxygen atoms in total. The van der Waals surface area contributed by atoms with Crippen LogP contribution in [0.15, 0.2) is 12.1 Å². The lowest BCUT2D eigenvalue weighted by atomic mass is 9.81. The normalized spacial score (nSPS) is 33.2. The van der Waals surface area contributed by atoms with Crippen molar-refractivity contribution in [2.24, 2.45) is 0 Å². The van der Waals surface area contributed by atoms with E-state index in [1.54, 1.807) is 0 Å². The van der Waals surface area contributed by atoms with Crippen LogP contribution in [0.4, 0.5) is 13.2 Å². The number of hydrogen-bond donors (Lipinski definition) is 1. The van der Waals surface area contributed by atoms with Crippen molar-refractivity contribution in [2.45, 2.75) is 54.6 Å². The van der Waals surface area contributed by atoms with Crippen molar-refractivity contribution in [3.05, 3.63) is 35.1 Å². The molecular weight excluding hydrogens is 285 g/mol. The third-order valence-electron chi connectivity index (χ3n) is 4.23. The molecule has 3 rings (SSSR count). The van der Waals surface area contributed by atoms with Crippen LogP contribution in [0.1, 0.15) is 37.7 Å². The second-order valence-electron chi connectivity index (χ2n) is 5.99. The molecule has 2 atom stereocenters. The van der Waals surface area contributed by atoms with Crippen molar-refractivity contribution >= 4 is 11.8 Å². The van der Waals surface area contributed by atoms with Crippen LogP contribution in [0.3, 0.4) is 0 Å². The first-order chi connectivity index (χ1) is 9.45. The molecule has 0 amide bonds. The molecule has 0 aromatic heterocycles. The lowest BCUT2D eigenvalue weighted by molar-refractivity contribution is 0.0128. The molecule has 2 heterocycles. The fraction of sp³-hybridized carbons (Fsp3) is 0.600. The van der Waals surface area contributed by atoms with Gasteiger partial charge in [-0.2, -0.15) is 11.8 Å². The molecule has 2 bridgehead atoms. The number of benzene rings is 1. The minimum Gasteiger partial charge on any atom is -0.389 e. The van der Waals surface area contributed by atoms with E-state index >= 15 is 0 Å². The molecule has 2 aliphatic rings. The van der Waals surface area contributed by atoms with E-state index in [-0.39, 0.29) is 6.42 Å². The van der Waals surface area contributed by atoms with Crippen molar-refractivity contribution in [1.82, 2.24) is 0 Å². The quantitative estimate of drug-likeness (QED) is 0.838. The van der Waals surface area contributed by atoms with Crippen molar-refractivity contribution < 1.29 is 18.3 Å². The van der Waals surface area contributed by atoms with Gasteiger partial charge in [0.25, 0.3) is 0 Å². The average molecular weight is 302 g/mol. The summed E-state index contributed by atoms with van der Waals surface area (Å²) in [5.41, 5.74) is -0.591. The average Bonchev–Trinajstić information content (AvgIpc) is 2.34. The molecule has 2 aliphatic heterocycles. The summed E-state index contributed by atoms with van der Waals surface area (Å²) in [5, 5.41) is 11.6. The van der Waals surface area contributed by atoms with Crippen LogP contribution in [-0.2, 0) is 6.42 Å². The summed E-state index contributed by atoms with van der Waals surface area (Å²) in [5.74, 6) is -3.82. The highest BCUT2D eigenvalue weighted by atomic mass is 32.2. The van der Waals surface area contributed by atoms with E-state index in [4.69, 9.17) is 0 Å². The molecule has 110 valence electrons. The standard InChI is InChI=1S/C15H17F3OS/c16-12-4-9(5-13(17)14(12)18)6-15(19)7-10-2-1-3-11(8-15)20-10/h4-5,10-11,19H,1-3,6-8H2. The Morgan fingerprint density at radius 1 is 1.10 bits per heavy atom. The summed E-state index contributed by atoms with van der Waals surface area (Å²) in [6.45, 7) is 0. The van der Waals surface area contributed by atoms with Crippen LogP contribution >= 0.6 is 11.8 Å². The van der Waals surface area contributed by atoms with Crippen LogP contribution in [0, 0.1) is 17.5 Å². The van der Waals surface area contributed by atoms with Crippen molar-refractivity contribution in [1.29, 1.82) is 0 Å². The molecule has 1 N–H and O–H groups in total. The zero-order valence-electron chi connectivity index (χ0n) is 11.0. The van der Waals surface area contributed by atoms with Crippen LogP contribution < -0.4 is 0 Å². The SMILES string of the molecule is OC1(Cc2cc(F)c(F)c(F)c2)CC2CCCC(C1)S2. The zero-order valence-corrected chi connectivity index (χ0v) is 11.9. The number of fused-ring (bicyclic) bond motifs is 2. The van der Waals surface area contributed by atoms with E-state index in [1.807, 2.05) is 11.8 Å². The first kappa shape index (κ1) is 14.3. The molecule has 1 aromatic carbocycles. The fourth-order valence-electron chi connectivity index (χ4n) is 3.45. The smallest absolute Gasteiger partial charge is 0.194 e. The Bertz CT molecular complexity index is 485. The van der Waals surface area contributed by atoms with Gasteiger partial charge in [-0.15, -0.1) is 0 Å². The molecular formula is C15H17F3OS. The lowest BCUT2D eigenvalue weighted by Gasteiger charge is -2.44. The fourth-order valence-corrected chi connectivity index (χ4v) is 5.41. The van der Waals surface area contributed by atoms with Gasteiger partial charge in [0.15, 0.2) is 17.5 Å². The Balaban J connectivity index is 1.79. The Kier molecular flexibility index (Phi) is 3.75. The number of hydrogen-bond acceptors (Lipinski definition) is 2. The Labute approximate surface area is 120 Å². The highest BCUT2D eigenvalue weighted by molar-refractivity contribution is 8.00. The van der Waals surface area contributed by atoms with Crippen LogP contribution in [0.2, 0.25) is 0 Å². The van der Waals surface area contributed by atoms with Gasteiger partial charge in [0, 0.05) is 16.9 Å². The topological polar surface area (TPSA) is 20.2 Å². The third kappa shape index (κ3) is 2.84. The zero-order chi connectivity index (χ0) is 14.3. The molecule has 1 aromatic rings. The maximum absolute atomic E-state index is 13.2. The summed E-state index contributed by atoms with van der Waals surface area (Å²) < 4.78 is 39.5. The second-order valence-corrected chi connectivity index (χ2v) is 7.60. The van der Waals surface area contributed by atoms with Crippen LogP contribution in [0.25, 0.3) is 0 Å². The predicted octanol–water partition coefficient (Wildman–Crippen LogP) is 3.83. The number of halogens is 3. The Morgan fingerprint density at radius 3 is 2.20 bits per heavy atom. The van der Waals surface area contributed by atoms with E-state index in [0.717, 1.165) is 25.0 Å². The maximum Gasteiger partial charge on any atom is 0.194 e. The van der Waals surface area contributed by atoms with E-state index in [2.05, 4.69) is 0 Å². The number of aliphatic hydroxyl groups is 1. The van der Waals surface area contributed by atoms with Gasteiger partial charge < -0.3 is 5.11 Å². The number of rotatable bonds is 2. The van der Waals surface area contributed by atoms with Crippen LogP contribution in [0.5, 0.6) is 0 Å². The summed E-state index contributed by atoms with van der Waals surface area (Å²) in [4.78, 5) is 0. The highest BCUT2D eigenvalue weighted by Gasteiger charge is 2.41. The van der Waals surface area contributed by atoms with Crippen LogP contribution in [-0.4, -0.2) is 21.2 Å². The summed E-state index contributed by atoms with van der Waals surface area (Å²) in [7, 11) is 0. The molecule has 0 radical (unpaired) electrons. The van der Waals surface area contributed by atoms with Gasteiger partial charge in [0.2, 0.25) is 0 Å². The second kappa shape index (κ2) is 5.26. The van der Waals surface area contributed by atoms with Gasteiger partial charge in [-0.1, -0.05) is 6.42 Å². The van der Waals surface area contributed by atoms with E-state index in [1.165, 1.54) is 6.42 Å². The van der Waals surface area contributed by atoms with Gasteiger partial charge >= 0.3 is 0 Å². The predicted molar refractivity (Wildman–Crippen MR) is 73.2 cm³/mol. The highest BCUT2D eigenvalue weighted by Crippen LogP contribution is 2.46. The largest absolute Gasteiger partial charge is 0.389 e. The van der Waals surface area contributed by atoms with Crippen molar-refractivity contribution in [3.63, 3.8) is 0 Å². The lowest BCUT2D eigenvalue weighted by Crippen LogP contribution is -2.44. The van der Waals surface area contributed by atoms with Gasteiger partial charge in [0.05, 0.1) is 5.60 Å². The van der Waals surface area contributed by atoms with Gasteiger partial charge in [-0.3, -0.25) is 0 Å². The summed E-state index contributed by atoms with van der Waals surface area (Å²) in [6.07, 6.45) is 4.86. The molecule has 2 unspecified atom stereocenters. The Morgan fingerprint density at radius 2 is 1.65 bits per heavy atom. The minimum absolute atomic E-state index is 0.189. The molecule has 0 aliphatic carbocycles. The summed E-state index contributed by atoms with van der Waals surface area (Å²) in [6, 6.07) is 1.99.